The normalized spacial score (nSPS) is 10.7. The van der Waals surface area contributed by atoms with Gasteiger partial charge in [0.1, 0.15) is 11.8 Å². The van der Waals surface area contributed by atoms with E-state index in [9.17, 15) is 18.0 Å². The molecule has 0 atom stereocenters. The summed E-state index contributed by atoms with van der Waals surface area (Å²) in [7, 11) is 0. The summed E-state index contributed by atoms with van der Waals surface area (Å²) in [5.74, 6) is -2.09. The van der Waals surface area contributed by atoms with Gasteiger partial charge in [-0.3, -0.25) is 4.79 Å². The lowest BCUT2D eigenvalue weighted by Gasteiger charge is -2.08. The molecule has 1 aromatic heterocycles. The first-order valence-corrected chi connectivity index (χ1v) is 4.19. The van der Waals surface area contributed by atoms with E-state index < -0.39 is 24.6 Å². The lowest BCUT2D eigenvalue weighted by Crippen LogP contribution is -2.18. The zero-order chi connectivity index (χ0) is 13.1. The van der Waals surface area contributed by atoms with E-state index >= 15 is 0 Å². The topological polar surface area (TPSA) is 83.2 Å². The second kappa shape index (κ2) is 4.69. The molecule has 0 bridgehead atoms. The molecule has 1 heterocycles. The zero-order valence-electron chi connectivity index (χ0n) is 8.15. The Morgan fingerprint density at radius 2 is 2.18 bits per heavy atom. The van der Waals surface area contributed by atoms with Gasteiger partial charge in [0.25, 0.3) is 0 Å². The summed E-state index contributed by atoms with van der Waals surface area (Å²) in [5, 5.41) is 17.0. The van der Waals surface area contributed by atoms with E-state index in [-0.39, 0.29) is 11.3 Å². The van der Waals surface area contributed by atoms with Gasteiger partial charge in [-0.1, -0.05) is 0 Å². The third kappa shape index (κ3) is 4.38. The number of hydrogen-bond acceptors (Lipinski definition) is 4. The Morgan fingerprint density at radius 1 is 1.53 bits per heavy atom. The number of nitrogens with zero attached hydrogens (tertiary/aromatic N) is 2. The number of hydrogen-bond donors (Lipinski definition) is 1. The van der Waals surface area contributed by atoms with Crippen LogP contribution < -0.4 is 4.74 Å². The lowest BCUT2D eigenvalue weighted by molar-refractivity contribution is -0.276. The van der Waals surface area contributed by atoms with E-state index in [0.717, 1.165) is 12.1 Å². The molecule has 0 spiro atoms. The van der Waals surface area contributed by atoms with Crippen LogP contribution in [0.15, 0.2) is 12.1 Å². The number of ether oxygens (including phenoxy) is 1. The predicted molar refractivity (Wildman–Crippen MR) is 47.0 cm³/mol. The molecule has 5 nitrogen and oxygen atoms in total. The van der Waals surface area contributed by atoms with Crippen molar-refractivity contribution in [3.8, 4) is 11.9 Å². The van der Waals surface area contributed by atoms with E-state index in [2.05, 4.69) is 9.72 Å². The molecule has 90 valence electrons. The number of aliphatic carboxylic acids is 1. The number of halogens is 3. The molecule has 17 heavy (non-hydrogen) atoms. The maximum atomic E-state index is 11.9. The van der Waals surface area contributed by atoms with E-state index in [0.29, 0.717) is 0 Å². The van der Waals surface area contributed by atoms with Gasteiger partial charge in [0, 0.05) is 6.07 Å². The van der Waals surface area contributed by atoms with Crippen LogP contribution in [0.4, 0.5) is 13.2 Å². The zero-order valence-corrected chi connectivity index (χ0v) is 8.15. The van der Waals surface area contributed by atoms with Crippen molar-refractivity contribution in [3.63, 3.8) is 0 Å². The smallest absolute Gasteiger partial charge is 0.481 e. The summed E-state index contributed by atoms with van der Waals surface area (Å²) >= 11 is 0. The van der Waals surface area contributed by atoms with Gasteiger partial charge in [0.05, 0.1) is 6.42 Å². The van der Waals surface area contributed by atoms with Crippen LogP contribution in [0.2, 0.25) is 0 Å². The van der Waals surface area contributed by atoms with E-state index in [1.807, 2.05) is 0 Å². The highest BCUT2D eigenvalue weighted by atomic mass is 19.4. The standard InChI is InChI=1S/C9H5F3N2O3/c10-9(11,12)17-7-2-5(3-8(15)16)1-6(4-13)14-7/h1-2H,3H2,(H,15,16). The molecule has 0 aliphatic carbocycles. The fraction of sp³-hybridized carbons (Fsp3) is 0.222. The van der Waals surface area contributed by atoms with Gasteiger partial charge in [-0.15, -0.1) is 13.2 Å². The van der Waals surface area contributed by atoms with Gasteiger partial charge in [-0.05, 0) is 11.6 Å². The Kier molecular flexibility index (Phi) is 3.52. The van der Waals surface area contributed by atoms with Crippen LogP contribution in [0, 0.1) is 11.3 Å². The quantitative estimate of drug-likeness (QED) is 0.873. The predicted octanol–water partition coefficient (Wildman–Crippen LogP) is 1.48. The summed E-state index contributed by atoms with van der Waals surface area (Å²) in [4.78, 5) is 13.6. The summed E-state index contributed by atoms with van der Waals surface area (Å²) in [6.45, 7) is 0. The van der Waals surface area contributed by atoms with Gasteiger partial charge in [-0.2, -0.15) is 5.26 Å². The van der Waals surface area contributed by atoms with Crippen molar-refractivity contribution in [1.29, 1.82) is 5.26 Å². The molecule has 0 saturated carbocycles. The molecule has 0 aliphatic rings. The molecule has 0 saturated heterocycles. The van der Waals surface area contributed by atoms with Crippen molar-refractivity contribution in [3.05, 3.63) is 23.4 Å². The van der Waals surface area contributed by atoms with Gasteiger partial charge in [0.2, 0.25) is 5.88 Å². The Hall–Kier alpha value is -2.30. The highest BCUT2D eigenvalue weighted by Crippen LogP contribution is 2.22. The summed E-state index contributed by atoms with van der Waals surface area (Å²) in [6.07, 6.45) is -5.47. The highest BCUT2D eigenvalue weighted by Gasteiger charge is 2.32. The summed E-state index contributed by atoms with van der Waals surface area (Å²) in [6, 6.07) is 3.42. The monoisotopic (exact) mass is 246 g/mol. The molecular formula is C9H5F3N2O3. The number of alkyl halides is 3. The summed E-state index contributed by atoms with van der Waals surface area (Å²) in [5.41, 5.74) is -0.341. The van der Waals surface area contributed by atoms with Gasteiger partial charge in [0.15, 0.2) is 0 Å². The molecule has 0 unspecified atom stereocenters. The molecule has 0 amide bonds. The van der Waals surface area contributed by atoms with Crippen LogP contribution in [0.1, 0.15) is 11.3 Å². The molecule has 0 fully saturated rings. The molecule has 1 rings (SSSR count). The third-order valence-corrected chi connectivity index (χ3v) is 1.55. The average molecular weight is 246 g/mol. The van der Waals surface area contributed by atoms with E-state index in [1.165, 1.54) is 6.07 Å². The fourth-order valence-electron chi connectivity index (χ4n) is 1.06. The van der Waals surface area contributed by atoms with E-state index in [4.69, 9.17) is 10.4 Å². The minimum atomic E-state index is -4.94. The Bertz CT molecular complexity index is 479. The van der Waals surface area contributed by atoms with Crippen molar-refractivity contribution < 1.29 is 27.8 Å². The molecule has 1 aromatic rings. The molecule has 0 aromatic carbocycles. The number of carbonyl (C=O) groups is 1. The maximum Gasteiger partial charge on any atom is 0.574 e. The molecule has 8 heteroatoms. The van der Waals surface area contributed by atoms with Crippen molar-refractivity contribution >= 4 is 5.97 Å². The van der Waals surface area contributed by atoms with Crippen LogP contribution in [-0.4, -0.2) is 22.4 Å². The molecule has 0 aliphatic heterocycles. The van der Waals surface area contributed by atoms with Gasteiger partial charge in [-0.25, -0.2) is 4.98 Å². The Balaban J connectivity index is 3.06. The Morgan fingerprint density at radius 3 is 2.65 bits per heavy atom. The van der Waals surface area contributed by atoms with Crippen LogP contribution in [0.25, 0.3) is 0 Å². The van der Waals surface area contributed by atoms with Crippen LogP contribution in [0.5, 0.6) is 5.88 Å². The first-order valence-electron chi connectivity index (χ1n) is 4.19. The average Bonchev–Trinajstić information content (AvgIpc) is 2.13. The van der Waals surface area contributed by atoms with Gasteiger partial charge >= 0.3 is 12.3 Å². The largest absolute Gasteiger partial charge is 0.574 e. The van der Waals surface area contributed by atoms with Crippen molar-refractivity contribution in [2.24, 2.45) is 0 Å². The minimum absolute atomic E-state index is 0.00306. The highest BCUT2D eigenvalue weighted by molar-refractivity contribution is 5.70. The molecule has 0 radical (unpaired) electrons. The molecule has 1 N–H and O–H groups in total. The second-order valence-electron chi connectivity index (χ2n) is 2.93. The minimum Gasteiger partial charge on any atom is -0.481 e. The number of carboxylic acid groups (broad SMARTS) is 1. The van der Waals surface area contributed by atoms with Crippen LogP contribution >= 0.6 is 0 Å². The van der Waals surface area contributed by atoms with Crippen molar-refractivity contribution in [2.75, 3.05) is 0 Å². The number of carboxylic acids is 1. The first kappa shape index (κ1) is 12.8. The second-order valence-corrected chi connectivity index (χ2v) is 2.93. The fourth-order valence-corrected chi connectivity index (χ4v) is 1.06. The maximum absolute atomic E-state index is 11.9. The van der Waals surface area contributed by atoms with Gasteiger partial charge < -0.3 is 9.84 Å². The first-order chi connectivity index (χ1) is 7.80. The van der Waals surface area contributed by atoms with E-state index in [1.54, 1.807) is 0 Å². The number of pyridine rings is 1. The summed E-state index contributed by atoms with van der Waals surface area (Å²) < 4.78 is 39.2. The number of aromatic nitrogens is 1. The van der Waals surface area contributed by atoms with Crippen molar-refractivity contribution in [1.82, 2.24) is 4.98 Å². The molecular weight excluding hydrogens is 241 g/mol. The van der Waals surface area contributed by atoms with Crippen LogP contribution in [-0.2, 0) is 11.2 Å². The SMILES string of the molecule is N#Cc1cc(CC(=O)O)cc(OC(F)(F)F)n1. The van der Waals surface area contributed by atoms with Crippen molar-refractivity contribution in [2.45, 2.75) is 12.8 Å². The third-order valence-electron chi connectivity index (χ3n) is 1.55. The van der Waals surface area contributed by atoms with Crippen LogP contribution in [0.3, 0.4) is 0 Å². The number of nitriles is 1. The number of rotatable bonds is 3. The lowest BCUT2D eigenvalue weighted by atomic mass is 10.1. The Labute approximate surface area is 93.1 Å².